The van der Waals surface area contributed by atoms with Gasteiger partial charge in [0.2, 0.25) is 0 Å². The predicted molar refractivity (Wildman–Crippen MR) is 593 cm³/mol. The van der Waals surface area contributed by atoms with Crippen LogP contribution in [0, 0.1) is 0 Å². The third-order valence-electron chi connectivity index (χ3n) is 25.7. The van der Waals surface area contributed by atoms with Gasteiger partial charge in [0.25, 0.3) is 0 Å². The van der Waals surface area contributed by atoms with Gasteiger partial charge in [0.1, 0.15) is 0 Å². The summed E-state index contributed by atoms with van der Waals surface area (Å²) in [6, 6.07) is 197. The lowest BCUT2D eigenvalue weighted by atomic mass is 9.99. The van der Waals surface area contributed by atoms with E-state index in [-0.39, 0.29) is 0 Å². The lowest BCUT2D eigenvalue weighted by molar-refractivity contribution is 1.20. The van der Waals surface area contributed by atoms with Crippen LogP contribution >= 0.6 is 0 Å². The molecule has 23 aromatic rings. The molecule has 0 N–H and O–H groups in total. The lowest BCUT2D eigenvalue weighted by Gasteiger charge is -2.27. The number of anilines is 20. The van der Waals surface area contributed by atoms with E-state index in [0.29, 0.717) is 0 Å². The Kier molecular flexibility index (Phi) is 26.4. The molecule has 0 heterocycles. The van der Waals surface area contributed by atoms with Crippen molar-refractivity contribution in [3.63, 3.8) is 0 Å². The van der Waals surface area contributed by atoms with Crippen molar-refractivity contribution in [3.8, 4) is 11.1 Å². The fraction of sp³-hybridized carbons (Fsp3) is 0.0308. The Morgan fingerprint density at radius 1 is 0.116 bits per heavy atom. The number of fused-ring (bicyclic) bond motifs is 7. The molecule has 0 radical (unpaired) electrons. The second kappa shape index (κ2) is 41.4. The van der Waals surface area contributed by atoms with E-state index < -0.39 is 0 Å². The van der Waals surface area contributed by atoms with Gasteiger partial charge in [-0.15, -0.1) is 0 Å². The molecule has 0 fully saturated rings. The molecule has 23 aromatic carbocycles. The Balaban J connectivity index is 0.000000113. The molecule has 0 bridgehead atoms. The molecule has 0 atom stereocenters. The SMILES string of the molecule is CN(c1ccc(N(c2ccccc2)c2ccccc2)cc1)c1c2ccccc2cc2ccccc12.CN(c1ccc(N(c2ccccc2)c2ccccc2)cc1)c1cc2ccccc2c2ccccc12.CN(c1ccc(N(c2ccccc2)c2ccccc2)cc1)c1ccc2cc3ccccc3cc2c1.CN(c1ccc(N(c2ccccc2)c2ccccc2)cc1)c1cccc(-c2ccccc2)c1. The van der Waals surface area contributed by atoms with Crippen LogP contribution in [0.3, 0.4) is 0 Å². The van der Waals surface area contributed by atoms with Crippen LogP contribution in [0.5, 0.6) is 0 Å². The number of benzene rings is 23. The molecule has 0 saturated carbocycles. The number of para-hydroxylation sites is 8. The number of hydrogen-bond acceptors (Lipinski definition) is 8. The molecule has 138 heavy (non-hydrogen) atoms. The second-order valence-electron chi connectivity index (χ2n) is 34.3. The molecule has 0 unspecified atom stereocenters. The zero-order valence-electron chi connectivity index (χ0n) is 77.7. The van der Waals surface area contributed by atoms with Crippen molar-refractivity contribution in [3.05, 3.63) is 558 Å². The first-order valence-electron chi connectivity index (χ1n) is 47.0. The highest BCUT2D eigenvalue weighted by Crippen LogP contribution is 2.46. The van der Waals surface area contributed by atoms with Crippen LogP contribution < -0.4 is 39.2 Å². The minimum atomic E-state index is 1.13. The molecule has 0 saturated heterocycles. The van der Waals surface area contributed by atoms with E-state index in [1.807, 2.05) is 12.1 Å². The largest absolute Gasteiger partial charge is 0.345 e. The minimum absolute atomic E-state index is 1.13. The van der Waals surface area contributed by atoms with Crippen molar-refractivity contribution in [2.24, 2.45) is 0 Å². The summed E-state index contributed by atoms with van der Waals surface area (Å²) in [6.07, 6.45) is 0. The summed E-state index contributed by atoms with van der Waals surface area (Å²) < 4.78 is 0. The standard InChI is InChI=1S/3C33H26N2.C31H26N2/c1-34(33-31-18-10-8-12-25(31)24-26-13-9-11-19-32(26)33)27-20-22-30(23-21-27)35(28-14-4-2-5-15-28)29-16-6-3-7-17-29;1-34(33-24-25-12-8-9-17-30(25)31-18-10-11-19-32(31)33)26-20-22-29(23-21-26)35(27-13-4-2-5-14-27)28-15-6-3-7-16-28;1-34(33-17-16-27-22-25-10-8-9-11-26(25)23-28(27)24-33)29-18-20-32(21-19-29)35(30-12-4-2-5-13-30)31-14-6-3-7-15-31;1-32(31-19-11-14-26(24-31)25-12-5-2-6-13-25)27-20-22-30(23-21-27)33(28-15-7-3-8-16-28)29-17-9-4-10-18-29/h3*2-24H,1H3;2-24H,1H3. The van der Waals surface area contributed by atoms with Crippen LogP contribution in [0.1, 0.15) is 0 Å². The van der Waals surface area contributed by atoms with Gasteiger partial charge in [0.05, 0.1) is 5.69 Å². The molecule has 0 spiro atoms. The highest BCUT2D eigenvalue weighted by molar-refractivity contribution is 6.15. The molecule has 0 aliphatic carbocycles. The van der Waals surface area contributed by atoms with Crippen LogP contribution in [0.2, 0.25) is 0 Å². The molecule has 23 rings (SSSR count). The van der Waals surface area contributed by atoms with Crippen molar-refractivity contribution >= 4 is 178 Å². The van der Waals surface area contributed by atoms with Crippen molar-refractivity contribution in [2.75, 3.05) is 67.4 Å². The molecule has 0 aliphatic heterocycles. The summed E-state index contributed by atoms with van der Waals surface area (Å²) in [5.41, 5.74) is 25.4. The molecule has 8 nitrogen and oxygen atoms in total. The molecule has 0 amide bonds. The smallest absolute Gasteiger partial charge is 0.0567 e. The van der Waals surface area contributed by atoms with Crippen LogP contribution in [-0.4, -0.2) is 28.2 Å². The normalized spacial score (nSPS) is 10.9. The lowest BCUT2D eigenvalue weighted by Crippen LogP contribution is -2.12. The summed E-state index contributed by atoms with van der Waals surface area (Å²) in [7, 11) is 8.56. The summed E-state index contributed by atoms with van der Waals surface area (Å²) in [5, 5.41) is 15.2. The van der Waals surface area contributed by atoms with Gasteiger partial charge < -0.3 is 39.2 Å². The van der Waals surface area contributed by atoms with Crippen LogP contribution in [0.15, 0.2) is 558 Å². The fourth-order valence-electron chi connectivity index (χ4n) is 18.6. The van der Waals surface area contributed by atoms with Crippen molar-refractivity contribution < 1.29 is 0 Å². The van der Waals surface area contributed by atoms with Gasteiger partial charge in [0.15, 0.2) is 0 Å². The van der Waals surface area contributed by atoms with Crippen LogP contribution in [0.25, 0.3) is 75.8 Å². The van der Waals surface area contributed by atoms with E-state index in [1.165, 1.54) is 92.8 Å². The molecule has 8 heteroatoms. The third-order valence-corrected chi connectivity index (χ3v) is 25.7. The number of hydrogen-bond donors (Lipinski definition) is 0. The van der Waals surface area contributed by atoms with Crippen molar-refractivity contribution in [1.82, 2.24) is 0 Å². The van der Waals surface area contributed by atoms with Gasteiger partial charge in [-0.1, -0.05) is 315 Å². The van der Waals surface area contributed by atoms with Gasteiger partial charge in [-0.2, -0.15) is 0 Å². The first kappa shape index (κ1) is 88.0. The monoisotopic (exact) mass is 1780 g/mol. The average Bonchev–Trinajstić information content (AvgIpc) is 0.740. The van der Waals surface area contributed by atoms with E-state index in [0.717, 1.165) is 96.7 Å². The van der Waals surface area contributed by atoms with E-state index in [4.69, 9.17) is 0 Å². The molecular weight excluding hydrogens is 1670 g/mol. The maximum Gasteiger partial charge on any atom is 0.0567 e. The first-order valence-corrected chi connectivity index (χ1v) is 47.0. The van der Waals surface area contributed by atoms with E-state index in [2.05, 4.69) is 613 Å². The minimum Gasteiger partial charge on any atom is -0.345 e. The van der Waals surface area contributed by atoms with Gasteiger partial charge >= 0.3 is 0 Å². The highest BCUT2D eigenvalue weighted by Gasteiger charge is 2.22. The maximum absolute atomic E-state index is 2.31. The number of nitrogens with zero attached hydrogens (tertiary/aromatic N) is 8. The summed E-state index contributed by atoms with van der Waals surface area (Å²) >= 11 is 0. The zero-order chi connectivity index (χ0) is 93.3. The van der Waals surface area contributed by atoms with E-state index >= 15 is 0 Å². The summed E-state index contributed by atoms with van der Waals surface area (Å²) in [5.74, 6) is 0. The summed E-state index contributed by atoms with van der Waals surface area (Å²) in [4.78, 5) is 18.2. The van der Waals surface area contributed by atoms with Gasteiger partial charge in [-0.05, 0) is 302 Å². The Morgan fingerprint density at radius 2 is 0.341 bits per heavy atom. The third kappa shape index (κ3) is 19.5. The quantitative estimate of drug-likeness (QED) is 0.0519. The van der Waals surface area contributed by atoms with E-state index in [9.17, 15) is 0 Å². The topological polar surface area (TPSA) is 25.9 Å². The maximum atomic E-state index is 2.31. The summed E-state index contributed by atoms with van der Waals surface area (Å²) in [6.45, 7) is 0. The molecule has 664 valence electrons. The van der Waals surface area contributed by atoms with Crippen LogP contribution in [-0.2, 0) is 0 Å². The zero-order valence-corrected chi connectivity index (χ0v) is 77.7. The van der Waals surface area contributed by atoms with Gasteiger partial charge in [-0.3, -0.25) is 0 Å². The average molecular weight is 1780 g/mol. The van der Waals surface area contributed by atoms with Crippen molar-refractivity contribution in [1.29, 1.82) is 0 Å². The molecule has 0 aromatic heterocycles. The Labute approximate surface area is 809 Å². The Hall–Kier alpha value is -18.0. The Bertz CT molecular complexity index is 7740. The molecular formula is C130H104N8. The number of rotatable bonds is 21. The van der Waals surface area contributed by atoms with E-state index in [1.54, 1.807) is 0 Å². The fourth-order valence-corrected chi connectivity index (χ4v) is 18.6. The Morgan fingerprint density at radius 3 is 0.703 bits per heavy atom. The van der Waals surface area contributed by atoms with Gasteiger partial charge in [-0.25, -0.2) is 0 Å². The molecule has 0 aliphatic rings. The predicted octanol–water partition coefficient (Wildman–Crippen LogP) is 36.3. The van der Waals surface area contributed by atoms with Crippen LogP contribution in [0.4, 0.5) is 114 Å². The highest BCUT2D eigenvalue weighted by atomic mass is 15.2. The van der Waals surface area contributed by atoms with Gasteiger partial charge in [0, 0.05) is 152 Å². The second-order valence-corrected chi connectivity index (χ2v) is 34.3. The van der Waals surface area contributed by atoms with Crippen molar-refractivity contribution in [2.45, 2.75) is 0 Å². The first-order chi connectivity index (χ1) is 68.1.